The van der Waals surface area contributed by atoms with E-state index in [9.17, 15) is 9.59 Å². The fourth-order valence-corrected chi connectivity index (χ4v) is 1.92. The van der Waals surface area contributed by atoms with Gasteiger partial charge in [-0.2, -0.15) is 5.10 Å². The Bertz CT molecular complexity index is 479. The van der Waals surface area contributed by atoms with E-state index in [0.717, 1.165) is 17.0 Å². The molecular formula is C13H22N4O2. The zero-order valence-corrected chi connectivity index (χ0v) is 12.2. The summed E-state index contributed by atoms with van der Waals surface area (Å²) in [6.07, 6.45) is 0.245. The predicted octanol–water partition coefficient (Wildman–Crippen LogP) is 0.220. The van der Waals surface area contributed by atoms with E-state index < -0.39 is 6.04 Å². The smallest absolute Gasteiger partial charge is 0.242 e. The molecule has 0 fully saturated rings. The van der Waals surface area contributed by atoms with Gasteiger partial charge in [-0.3, -0.25) is 14.3 Å². The standard InChI is InChI=1S/C13H22N4O2/c1-6-14-13(19)9(3)15-12(18)7-11-8(2)16-17(5)10(11)4/h9H,6-7H2,1-5H3,(H,14,19)(H,15,18)/t9-/m0/s1. The van der Waals surface area contributed by atoms with E-state index >= 15 is 0 Å². The Hall–Kier alpha value is -1.85. The van der Waals surface area contributed by atoms with Crippen LogP contribution in [0.25, 0.3) is 0 Å². The van der Waals surface area contributed by atoms with Crippen molar-refractivity contribution in [3.63, 3.8) is 0 Å². The third-order valence-electron chi connectivity index (χ3n) is 3.12. The average molecular weight is 266 g/mol. The number of nitrogens with one attached hydrogen (secondary N) is 2. The molecule has 2 N–H and O–H groups in total. The van der Waals surface area contributed by atoms with Gasteiger partial charge in [0.25, 0.3) is 0 Å². The number of likely N-dealkylation sites (N-methyl/N-ethyl adjacent to an activating group) is 1. The summed E-state index contributed by atoms with van der Waals surface area (Å²) < 4.78 is 1.76. The van der Waals surface area contributed by atoms with Crippen LogP contribution in [0.5, 0.6) is 0 Å². The van der Waals surface area contributed by atoms with Crippen LogP contribution in [-0.4, -0.2) is 34.2 Å². The van der Waals surface area contributed by atoms with Crippen LogP contribution in [-0.2, 0) is 23.1 Å². The molecule has 0 aromatic carbocycles. The third kappa shape index (κ3) is 3.81. The summed E-state index contributed by atoms with van der Waals surface area (Å²) in [7, 11) is 1.85. The fourth-order valence-electron chi connectivity index (χ4n) is 1.92. The Morgan fingerprint density at radius 3 is 2.47 bits per heavy atom. The highest BCUT2D eigenvalue weighted by molar-refractivity contribution is 5.88. The van der Waals surface area contributed by atoms with Gasteiger partial charge in [0.1, 0.15) is 6.04 Å². The van der Waals surface area contributed by atoms with Crippen LogP contribution in [0.1, 0.15) is 30.8 Å². The minimum Gasteiger partial charge on any atom is -0.355 e. The van der Waals surface area contributed by atoms with Gasteiger partial charge in [0.15, 0.2) is 0 Å². The normalized spacial score (nSPS) is 12.1. The molecule has 6 heteroatoms. The van der Waals surface area contributed by atoms with Gasteiger partial charge in [0.2, 0.25) is 11.8 Å². The zero-order chi connectivity index (χ0) is 14.6. The van der Waals surface area contributed by atoms with Gasteiger partial charge >= 0.3 is 0 Å². The number of aryl methyl sites for hydroxylation is 2. The summed E-state index contributed by atoms with van der Waals surface area (Å²) in [6, 6.07) is -0.523. The average Bonchev–Trinajstić information content (AvgIpc) is 2.56. The third-order valence-corrected chi connectivity index (χ3v) is 3.12. The number of hydrogen-bond acceptors (Lipinski definition) is 3. The Balaban J connectivity index is 2.63. The van der Waals surface area contributed by atoms with Crippen LogP contribution < -0.4 is 10.6 Å². The van der Waals surface area contributed by atoms with Gasteiger partial charge < -0.3 is 10.6 Å². The van der Waals surface area contributed by atoms with Crippen molar-refractivity contribution in [2.24, 2.45) is 7.05 Å². The molecule has 2 amide bonds. The van der Waals surface area contributed by atoms with Crippen LogP contribution >= 0.6 is 0 Å². The maximum Gasteiger partial charge on any atom is 0.242 e. The lowest BCUT2D eigenvalue weighted by molar-refractivity contribution is -0.128. The van der Waals surface area contributed by atoms with Crippen molar-refractivity contribution in [3.8, 4) is 0 Å². The molecular weight excluding hydrogens is 244 g/mol. The maximum atomic E-state index is 11.9. The van der Waals surface area contributed by atoms with Crippen LogP contribution in [0.4, 0.5) is 0 Å². The second-order valence-corrected chi connectivity index (χ2v) is 4.63. The summed E-state index contributed by atoms with van der Waals surface area (Å²) in [6.45, 7) is 7.87. The molecule has 0 spiro atoms. The monoisotopic (exact) mass is 266 g/mol. The Kier molecular flexibility index (Phi) is 5.09. The van der Waals surface area contributed by atoms with Crippen molar-refractivity contribution in [2.75, 3.05) is 6.54 Å². The molecule has 0 unspecified atom stereocenters. The quantitative estimate of drug-likeness (QED) is 0.800. The summed E-state index contributed by atoms with van der Waals surface area (Å²) in [5.41, 5.74) is 2.74. The van der Waals surface area contributed by atoms with Crippen molar-refractivity contribution < 1.29 is 9.59 Å². The number of nitrogens with zero attached hydrogens (tertiary/aromatic N) is 2. The first kappa shape index (κ1) is 15.2. The SMILES string of the molecule is CCNC(=O)[C@H](C)NC(=O)Cc1c(C)nn(C)c1C. The van der Waals surface area contributed by atoms with Gasteiger partial charge in [0, 0.05) is 24.8 Å². The first-order valence-electron chi connectivity index (χ1n) is 6.43. The second-order valence-electron chi connectivity index (χ2n) is 4.63. The van der Waals surface area contributed by atoms with E-state index in [1.807, 2.05) is 27.8 Å². The van der Waals surface area contributed by atoms with Crippen LogP contribution in [0.3, 0.4) is 0 Å². The van der Waals surface area contributed by atoms with Gasteiger partial charge in [0.05, 0.1) is 12.1 Å². The first-order chi connectivity index (χ1) is 8.86. The topological polar surface area (TPSA) is 76.0 Å². The van der Waals surface area contributed by atoms with Gasteiger partial charge in [-0.1, -0.05) is 0 Å². The highest BCUT2D eigenvalue weighted by atomic mass is 16.2. The van der Waals surface area contributed by atoms with Crippen molar-refractivity contribution >= 4 is 11.8 Å². The molecule has 0 bridgehead atoms. The van der Waals surface area contributed by atoms with E-state index in [0.29, 0.717) is 6.54 Å². The van der Waals surface area contributed by atoms with Gasteiger partial charge in [-0.15, -0.1) is 0 Å². The molecule has 1 atom stereocenters. The highest BCUT2D eigenvalue weighted by Gasteiger charge is 2.17. The largest absolute Gasteiger partial charge is 0.355 e. The summed E-state index contributed by atoms with van der Waals surface area (Å²) in [5.74, 6) is -0.339. The molecule has 1 aromatic rings. The molecule has 1 rings (SSSR count). The van der Waals surface area contributed by atoms with Crippen molar-refractivity contribution in [3.05, 3.63) is 17.0 Å². The van der Waals surface area contributed by atoms with Gasteiger partial charge in [-0.25, -0.2) is 0 Å². The molecule has 0 aliphatic heterocycles. The number of carbonyl (C=O) groups is 2. The van der Waals surface area contributed by atoms with E-state index in [1.165, 1.54) is 0 Å². The van der Waals surface area contributed by atoms with E-state index in [-0.39, 0.29) is 18.2 Å². The summed E-state index contributed by atoms with van der Waals surface area (Å²) in [5, 5.41) is 9.62. The number of carbonyl (C=O) groups excluding carboxylic acids is 2. The van der Waals surface area contributed by atoms with Crippen molar-refractivity contribution in [2.45, 2.75) is 40.2 Å². The van der Waals surface area contributed by atoms with E-state index in [4.69, 9.17) is 0 Å². The molecule has 6 nitrogen and oxygen atoms in total. The van der Waals surface area contributed by atoms with E-state index in [2.05, 4.69) is 15.7 Å². The maximum absolute atomic E-state index is 11.9. The highest BCUT2D eigenvalue weighted by Crippen LogP contribution is 2.12. The number of rotatable bonds is 5. The molecule has 1 aromatic heterocycles. The zero-order valence-electron chi connectivity index (χ0n) is 12.2. The van der Waals surface area contributed by atoms with Crippen LogP contribution in [0.15, 0.2) is 0 Å². The lowest BCUT2D eigenvalue weighted by Gasteiger charge is -2.13. The lowest BCUT2D eigenvalue weighted by atomic mass is 10.1. The van der Waals surface area contributed by atoms with Crippen molar-refractivity contribution in [1.29, 1.82) is 0 Å². The molecule has 0 aliphatic carbocycles. The number of hydrogen-bond donors (Lipinski definition) is 2. The first-order valence-corrected chi connectivity index (χ1v) is 6.43. The molecule has 0 saturated heterocycles. The van der Waals surface area contributed by atoms with E-state index in [1.54, 1.807) is 11.6 Å². The van der Waals surface area contributed by atoms with Crippen LogP contribution in [0.2, 0.25) is 0 Å². The molecule has 1 heterocycles. The molecule has 0 saturated carbocycles. The predicted molar refractivity (Wildman–Crippen MR) is 72.7 cm³/mol. The Morgan fingerprint density at radius 2 is 2.00 bits per heavy atom. The molecule has 106 valence electrons. The Labute approximate surface area is 113 Å². The lowest BCUT2D eigenvalue weighted by Crippen LogP contribution is -2.45. The minimum atomic E-state index is -0.523. The minimum absolute atomic E-state index is 0.169. The van der Waals surface area contributed by atoms with Crippen LogP contribution in [0, 0.1) is 13.8 Å². The summed E-state index contributed by atoms with van der Waals surface area (Å²) in [4.78, 5) is 23.4. The second kappa shape index (κ2) is 6.36. The molecule has 0 radical (unpaired) electrons. The van der Waals surface area contributed by atoms with Gasteiger partial charge in [-0.05, 0) is 27.7 Å². The number of aromatic nitrogens is 2. The molecule has 0 aliphatic rings. The fraction of sp³-hybridized carbons (Fsp3) is 0.615. The van der Waals surface area contributed by atoms with Crippen molar-refractivity contribution in [1.82, 2.24) is 20.4 Å². The number of amides is 2. The Morgan fingerprint density at radius 1 is 1.37 bits per heavy atom. The summed E-state index contributed by atoms with van der Waals surface area (Å²) >= 11 is 0. The molecule has 19 heavy (non-hydrogen) atoms.